The van der Waals surface area contributed by atoms with E-state index in [1.807, 2.05) is 0 Å². The van der Waals surface area contributed by atoms with Gasteiger partial charge in [-0.1, -0.05) is 13.0 Å². The molecule has 8 heteroatoms. The maximum atomic E-state index is 12.1. The fourth-order valence-corrected chi connectivity index (χ4v) is 3.68. The Balaban J connectivity index is 1.87. The highest BCUT2D eigenvalue weighted by molar-refractivity contribution is 7.89. The molecule has 132 valence electrons. The summed E-state index contributed by atoms with van der Waals surface area (Å²) in [5.74, 6) is -0.154. The highest BCUT2D eigenvalue weighted by atomic mass is 32.2. The number of likely N-dealkylation sites (tertiary alicyclic amines) is 1. The molecule has 0 spiro atoms. The van der Waals surface area contributed by atoms with Gasteiger partial charge in [0.25, 0.3) is 5.91 Å². The zero-order chi connectivity index (χ0) is 17.6. The van der Waals surface area contributed by atoms with Gasteiger partial charge in [-0.15, -0.1) is 0 Å². The fourth-order valence-electron chi connectivity index (χ4n) is 2.59. The summed E-state index contributed by atoms with van der Waals surface area (Å²) in [5, 5.41) is 2.76. The lowest BCUT2D eigenvalue weighted by Crippen LogP contribution is -2.30. The molecule has 2 rings (SSSR count). The lowest BCUT2D eigenvalue weighted by atomic mass is 10.2. The third-order valence-corrected chi connectivity index (χ3v) is 5.35. The van der Waals surface area contributed by atoms with E-state index < -0.39 is 10.0 Å². The van der Waals surface area contributed by atoms with Gasteiger partial charge in [-0.25, -0.2) is 13.1 Å². The SMILES string of the molecule is CCNS(=O)(=O)c1cccc(C(=O)NCCCN2CCCC2=O)c1. The largest absolute Gasteiger partial charge is 0.352 e. The number of carbonyl (C=O) groups is 2. The molecule has 1 fully saturated rings. The lowest BCUT2D eigenvalue weighted by Gasteiger charge is -2.15. The van der Waals surface area contributed by atoms with Crippen LogP contribution in [0.25, 0.3) is 0 Å². The standard InChI is InChI=1S/C16H23N3O4S/c1-2-18-24(22,23)14-7-3-6-13(12-14)16(21)17-9-5-11-19-10-4-8-15(19)20/h3,6-7,12,18H,2,4-5,8-11H2,1H3,(H,17,21). The van der Waals surface area contributed by atoms with E-state index in [0.717, 1.165) is 13.0 Å². The number of rotatable bonds is 8. The summed E-state index contributed by atoms with van der Waals surface area (Å²) in [7, 11) is -3.58. The third kappa shape index (κ3) is 4.78. The summed E-state index contributed by atoms with van der Waals surface area (Å²) in [6.45, 7) is 3.84. The van der Waals surface area contributed by atoms with Crippen molar-refractivity contribution in [2.45, 2.75) is 31.1 Å². The first-order valence-corrected chi connectivity index (χ1v) is 9.58. The first-order chi connectivity index (χ1) is 11.4. The van der Waals surface area contributed by atoms with Crippen molar-refractivity contribution < 1.29 is 18.0 Å². The molecule has 24 heavy (non-hydrogen) atoms. The van der Waals surface area contributed by atoms with Crippen LogP contribution in [-0.2, 0) is 14.8 Å². The molecule has 1 aromatic rings. The zero-order valence-corrected chi connectivity index (χ0v) is 14.6. The minimum absolute atomic E-state index is 0.0691. The summed E-state index contributed by atoms with van der Waals surface area (Å²) in [4.78, 5) is 25.5. The Labute approximate surface area is 142 Å². The van der Waals surface area contributed by atoms with Gasteiger partial charge in [-0.05, 0) is 31.0 Å². The minimum atomic E-state index is -3.58. The van der Waals surface area contributed by atoms with E-state index in [4.69, 9.17) is 0 Å². The summed E-state index contributed by atoms with van der Waals surface area (Å²) in [6, 6.07) is 5.93. The van der Waals surface area contributed by atoms with Crippen molar-refractivity contribution in [1.82, 2.24) is 14.9 Å². The van der Waals surface area contributed by atoms with Crippen LogP contribution in [0.2, 0.25) is 0 Å². The zero-order valence-electron chi connectivity index (χ0n) is 13.7. The van der Waals surface area contributed by atoms with Crippen LogP contribution >= 0.6 is 0 Å². The number of hydrogen-bond acceptors (Lipinski definition) is 4. The molecule has 7 nitrogen and oxygen atoms in total. The van der Waals surface area contributed by atoms with Crippen LogP contribution in [0.1, 0.15) is 36.5 Å². The molecule has 0 aromatic heterocycles. The van der Waals surface area contributed by atoms with Crippen LogP contribution < -0.4 is 10.0 Å². The van der Waals surface area contributed by atoms with Crippen molar-refractivity contribution in [3.05, 3.63) is 29.8 Å². The van der Waals surface area contributed by atoms with Gasteiger partial charge in [0.1, 0.15) is 0 Å². The molecular weight excluding hydrogens is 330 g/mol. The number of sulfonamides is 1. The smallest absolute Gasteiger partial charge is 0.251 e. The van der Waals surface area contributed by atoms with Gasteiger partial charge in [0, 0.05) is 38.2 Å². The monoisotopic (exact) mass is 353 g/mol. The van der Waals surface area contributed by atoms with Crippen molar-refractivity contribution in [2.24, 2.45) is 0 Å². The summed E-state index contributed by atoms with van der Waals surface area (Å²) in [6.07, 6.45) is 2.19. The second-order valence-corrected chi connectivity index (χ2v) is 7.39. The van der Waals surface area contributed by atoms with E-state index in [0.29, 0.717) is 31.5 Å². The second kappa shape index (κ2) is 8.25. The van der Waals surface area contributed by atoms with E-state index in [2.05, 4.69) is 10.0 Å². The van der Waals surface area contributed by atoms with Crippen molar-refractivity contribution in [2.75, 3.05) is 26.2 Å². The third-order valence-electron chi connectivity index (χ3n) is 3.80. The summed E-state index contributed by atoms with van der Waals surface area (Å²) >= 11 is 0. The molecule has 0 saturated carbocycles. The van der Waals surface area contributed by atoms with E-state index >= 15 is 0 Å². The molecule has 1 aromatic carbocycles. The highest BCUT2D eigenvalue weighted by Crippen LogP contribution is 2.12. The molecule has 2 N–H and O–H groups in total. The van der Waals surface area contributed by atoms with Crippen LogP contribution in [0.15, 0.2) is 29.2 Å². The molecule has 0 radical (unpaired) electrons. The molecule has 1 aliphatic rings. The van der Waals surface area contributed by atoms with E-state index in [1.165, 1.54) is 12.1 Å². The van der Waals surface area contributed by atoms with Crippen LogP contribution in [-0.4, -0.2) is 51.3 Å². The predicted molar refractivity (Wildman–Crippen MR) is 90.1 cm³/mol. The molecule has 1 saturated heterocycles. The highest BCUT2D eigenvalue weighted by Gasteiger charge is 2.19. The van der Waals surface area contributed by atoms with Crippen molar-refractivity contribution in [3.63, 3.8) is 0 Å². The van der Waals surface area contributed by atoms with Gasteiger partial charge in [-0.2, -0.15) is 0 Å². The van der Waals surface area contributed by atoms with E-state index in [9.17, 15) is 18.0 Å². The van der Waals surface area contributed by atoms with Gasteiger partial charge < -0.3 is 10.2 Å². The average molecular weight is 353 g/mol. The number of hydrogen-bond donors (Lipinski definition) is 2. The summed E-state index contributed by atoms with van der Waals surface area (Å²) < 4.78 is 26.3. The maximum absolute atomic E-state index is 12.1. The molecule has 0 atom stereocenters. The lowest BCUT2D eigenvalue weighted by molar-refractivity contribution is -0.127. The van der Waals surface area contributed by atoms with Crippen LogP contribution in [0, 0.1) is 0 Å². The van der Waals surface area contributed by atoms with Crippen LogP contribution in [0.3, 0.4) is 0 Å². The van der Waals surface area contributed by atoms with Crippen molar-refractivity contribution in [3.8, 4) is 0 Å². The van der Waals surface area contributed by atoms with Gasteiger partial charge >= 0.3 is 0 Å². The van der Waals surface area contributed by atoms with E-state index in [1.54, 1.807) is 24.0 Å². The number of benzene rings is 1. The number of amides is 2. The topological polar surface area (TPSA) is 95.6 Å². The Morgan fingerprint density at radius 1 is 1.33 bits per heavy atom. The normalized spacial score (nSPS) is 14.9. The molecule has 0 unspecified atom stereocenters. The predicted octanol–water partition coefficient (Wildman–Crippen LogP) is 0.727. The Morgan fingerprint density at radius 3 is 2.79 bits per heavy atom. The van der Waals surface area contributed by atoms with E-state index in [-0.39, 0.29) is 23.3 Å². The number of carbonyl (C=O) groups excluding carboxylic acids is 2. The summed E-state index contributed by atoms with van der Waals surface area (Å²) in [5.41, 5.74) is 0.297. The molecule has 1 heterocycles. The number of nitrogens with zero attached hydrogens (tertiary/aromatic N) is 1. The van der Waals surface area contributed by atoms with Crippen LogP contribution in [0.5, 0.6) is 0 Å². The van der Waals surface area contributed by atoms with Crippen molar-refractivity contribution in [1.29, 1.82) is 0 Å². The first-order valence-electron chi connectivity index (χ1n) is 8.10. The fraction of sp³-hybridized carbons (Fsp3) is 0.500. The molecule has 0 bridgehead atoms. The maximum Gasteiger partial charge on any atom is 0.251 e. The molecule has 1 aliphatic heterocycles. The average Bonchev–Trinajstić information content (AvgIpc) is 2.96. The van der Waals surface area contributed by atoms with Gasteiger partial charge in [0.15, 0.2) is 0 Å². The van der Waals surface area contributed by atoms with Crippen LogP contribution in [0.4, 0.5) is 0 Å². The van der Waals surface area contributed by atoms with Crippen molar-refractivity contribution >= 4 is 21.8 Å². The minimum Gasteiger partial charge on any atom is -0.352 e. The quantitative estimate of drug-likeness (QED) is 0.674. The van der Waals surface area contributed by atoms with Gasteiger partial charge in [-0.3, -0.25) is 9.59 Å². The molecule has 0 aliphatic carbocycles. The Bertz CT molecular complexity index is 703. The Hall–Kier alpha value is -1.93. The first kappa shape index (κ1) is 18.4. The number of nitrogens with one attached hydrogen (secondary N) is 2. The van der Waals surface area contributed by atoms with Gasteiger partial charge in [0.2, 0.25) is 15.9 Å². The second-order valence-electron chi connectivity index (χ2n) is 5.62. The molecular formula is C16H23N3O4S. The molecule has 2 amide bonds. The van der Waals surface area contributed by atoms with Gasteiger partial charge in [0.05, 0.1) is 4.90 Å². The Morgan fingerprint density at radius 2 is 2.12 bits per heavy atom. The Kier molecular flexibility index (Phi) is 6.33.